The SMILES string of the molecule is C=C/C=C(/c1cccc(F)c1)c1cc(-c2n[nH]c(=C/C)/c2=C\C(=C)c2cncc(CN3CCCC3)c2)[nH]c1C. The summed E-state index contributed by atoms with van der Waals surface area (Å²) in [6.45, 7) is 15.4. The maximum absolute atomic E-state index is 14.0. The number of aromatic nitrogens is 4. The average Bonchev–Trinajstić information content (AvgIpc) is 3.68. The molecule has 1 saturated heterocycles. The Labute approximate surface area is 228 Å². The van der Waals surface area contributed by atoms with Crippen LogP contribution in [0.4, 0.5) is 4.39 Å². The van der Waals surface area contributed by atoms with Crippen molar-refractivity contribution in [3.63, 3.8) is 0 Å². The molecule has 198 valence electrons. The molecule has 0 radical (unpaired) electrons. The zero-order valence-electron chi connectivity index (χ0n) is 22.6. The van der Waals surface area contributed by atoms with Gasteiger partial charge in [0.05, 0.1) is 11.0 Å². The molecule has 2 N–H and O–H groups in total. The van der Waals surface area contributed by atoms with Gasteiger partial charge in [-0.15, -0.1) is 0 Å². The van der Waals surface area contributed by atoms with Crippen molar-refractivity contribution in [1.29, 1.82) is 0 Å². The Morgan fingerprint density at radius 1 is 1.13 bits per heavy atom. The van der Waals surface area contributed by atoms with Gasteiger partial charge in [0.2, 0.25) is 0 Å². The molecule has 4 aromatic rings. The summed E-state index contributed by atoms with van der Waals surface area (Å²) in [5, 5.41) is 9.67. The summed E-state index contributed by atoms with van der Waals surface area (Å²) in [5.41, 5.74) is 8.30. The second-order valence-corrected chi connectivity index (χ2v) is 9.97. The minimum absolute atomic E-state index is 0.277. The molecule has 6 heteroatoms. The quantitative estimate of drug-likeness (QED) is 0.291. The highest BCUT2D eigenvalue weighted by atomic mass is 19.1. The molecule has 1 fully saturated rings. The van der Waals surface area contributed by atoms with E-state index in [1.54, 1.807) is 12.1 Å². The average molecular weight is 520 g/mol. The lowest BCUT2D eigenvalue weighted by Gasteiger charge is -2.14. The second-order valence-electron chi connectivity index (χ2n) is 9.97. The fraction of sp³-hybridized carbons (Fsp3) is 0.212. The summed E-state index contributed by atoms with van der Waals surface area (Å²) in [6, 6.07) is 10.8. The molecule has 0 saturated carbocycles. The maximum Gasteiger partial charge on any atom is 0.123 e. The zero-order valence-corrected chi connectivity index (χ0v) is 22.6. The number of aromatic amines is 2. The summed E-state index contributed by atoms with van der Waals surface area (Å²) < 4.78 is 14.0. The Morgan fingerprint density at radius 3 is 2.69 bits per heavy atom. The van der Waals surface area contributed by atoms with Crippen molar-refractivity contribution < 1.29 is 4.39 Å². The van der Waals surface area contributed by atoms with Crippen molar-refractivity contribution in [1.82, 2.24) is 25.1 Å². The van der Waals surface area contributed by atoms with Crippen molar-refractivity contribution in [3.8, 4) is 11.4 Å². The molecule has 4 heterocycles. The smallest absolute Gasteiger partial charge is 0.123 e. The molecule has 1 aliphatic heterocycles. The highest BCUT2D eigenvalue weighted by molar-refractivity contribution is 5.88. The van der Waals surface area contributed by atoms with Gasteiger partial charge in [-0.3, -0.25) is 15.0 Å². The fourth-order valence-electron chi connectivity index (χ4n) is 5.22. The van der Waals surface area contributed by atoms with E-state index < -0.39 is 0 Å². The first-order valence-corrected chi connectivity index (χ1v) is 13.3. The van der Waals surface area contributed by atoms with E-state index in [0.29, 0.717) is 0 Å². The van der Waals surface area contributed by atoms with Crippen LogP contribution in [0.15, 0.2) is 74.1 Å². The highest BCUT2D eigenvalue weighted by Crippen LogP contribution is 2.30. The number of H-pyrrole nitrogens is 2. The van der Waals surface area contributed by atoms with Gasteiger partial charge in [0, 0.05) is 35.4 Å². The first-order valence-electron chi connectivity index (χ1n) is 13.3. The van der Waals surface area contributed by atoms with Crippen molar-refractivity contribution in [2.75, 3.05) is 13.1 Å². The van der Waals surface area contributed by atoms with Crippen LogP contribution in [-0.4, -0.2) is 38.2 Å². The molecule has 39 heavy (non-hydrogen) atoms. The van der Waals surface area contributed by atoms with Gasteiger partial charge in [-0.1, -0.05) is 43.5 Å². The van der Waals surface area contributed by atoms with Crippen LogP contribution < -0.4 is 10.6 Å². The minimum Gasteiger partial charge on any atom is -0.357 e. The Balaban J connectivity index is 1.52. The van der Waals surface area contributed by atoms with E-state index >= 15 is 0 Å². The summed E-state index contributed by atoms with van der Waals surface area (Å²) in [5.74, 6) is -0.277. The standard InChI is InChI=1S/C33H34FN5/c1-5-10-28(25-11-9-12-27(34)17-25)29-18-32(36-23(29)4)33-30(31(6-2)37-38-33)15-22(3)26-16-24(19-35-20-26)21-39-13-7-8-14-39/h5-6,9-12,15-20,36-37H,1,3,7-8,13-14,21H2,2,4H3/b28-10-,30-15+,31-6+. The number of nitrogens with one attached hydrogen (secondary N) is 2. The number of pyridine rings is 1. The number of allylic oxidation sites excluding steroid dienone is 3. The zero-order chi connectivity index (χ0) is 27.4. The Morgan fingerprint density at radius 2 is 1.95 bits per heavy atom. The Bertz CT molecular complexity index is 1660. The molecule has 0 bridgehead atoms. The van der Waals surface area contributed by atoms with Crippen LogP contribution in [0.1, 0.15) is 47.7 Å². The lowest BCUT2D eigenvalue weighted by Crippen LogP contribution is -2.23. The number of hydrogen-bond donors (Lipinski definition) is 2. The number of nitrogens with zero attached hydrogens (tertiary/aromatic N) is 3. The van der Waals surface area contributed by atoms with Gasteiger partial charge in [0.1, 0.15) is 11.5 Å². The van der Waals surface area contributed by atoms with Crippen LogP contribution >= 0.6 is 0 Å². The Kier molecular flexibility index (Phi) is 7.84. The molecule has 0 atom stereocenters. The predicted molar refractivity (Wildman–Crippen MR) is 158 cm³/mol. The van der Waals surface area contributed by atoms with E-state index in [1.165, 1.54) is 30.5 Å². The summed E-state index contributed by atoms with van der Waals surface area (Å²) in [6.07, 6.45) is 14.0. The number of aryl methyl sites for hydroxylation is 1. The first-order chi connectivity index (χ1) is 19.0. The lowest BCUT2D eigenvalue weighted by atomic mass is 9.97. The molecule has 0 aliphatic carbocycles. The van der Waals surface area contributed by atoms with Gasteiger partial charge in [-0.2, -0.15) is 5.10 Å². The van der Waals surface area contributed by atoms with E-state index in [-0.39, 0.29) is 5.82 Å². The van der Waals surface area contributed by atoms with Crippen molar-refractivity contribution in [2.45, 2.75) is 33.2 Å². The third-order valence-electron chi connectivity index (χ3n) is 7.19. The van der Waals surface area contributed by atoms with Gasteiger partial charge in [-0.05, 0) is 98.0 Å². The normalized spacial score (nSPS) is 15.3. The first kappa shape index (κ1) is 26.3. The van der Waals surface area contributed by atoms with Crippen LogP contribution in [0.25, 0.3) is 34.7 Å². The maximum atomic E-state index is 14.0. The van der Waals surface area contributed by atoms with Gasteiger partial charge >= 0.3 is 0 Å². The summed E-state index contributed by atoms with van der Waals surface area (Å²) in [7, 11) is 0. The van der Waals surface area contributed by atoms with E-state index in [2.05, 4.69) is 56.4 Å². The van der Waals surface area contributed by atoms with Crippen LogP contribution in [0.3, 0.4) is 0 Å². The van der Waals surface area contributed by atoms with E-state index in [4.69, 9.17) is 0 Å². The van der Waals surface area contributed by atoms with Crippen LogP contribution in [-0.2, 0) is 6.54 Å². The molecule has 3 aromatic heterocycles. The number of rotatable bonds is 8. The predicted octanol–water partition coefficient (Wildman–Crippen LogP) is 5.76. The van der Waals surface area contributed by atoms with Gasteiger partial charge in [-0.25, -0.2) is 4.39 Å². The largest absolute Gasteiger partial charge is 0.357 e. The second kappa shape index (κ2) is 11.6. The van der Waals surface area contributed by atoms with E-state index in [9.17, 15) is 4.39 Å². The molecular formula is C33H34FN5. The molecule has 0 amide bonds. The van der Waals surface area contributed by atoms with E-state index in [1.807, 2.05) is 44.5 Å². The summed E-state index contributed by atoms with van der Waals surface area (Å²) >= 11 is 0. The topological polar surface area (TPSA) is 60.6 Å². The number of likely N-dealkylation sites (tertiary alicyclic amines) is 1. The van der Waals surface area contributed by atoms with Gasteiger partial charge in [0.25, 0.3) is 0 Å². The lowest BCUT2D eigenvalue weighted by molar-refractivity contribution is 0.331. The fourth-order valence-corrected chi connectivity index (χ4v) is 5.22. The summed E-state index contributed by atoms with van der Waals surface area (Å²) in [4.78, 5) is 10.5. The van der Waals surface area contributed by atoms with Crippen molar-refractivity contribution in [2.24, 2.45) is 0 Å². The Hall–Kier alpha value is -4.29. The van der Waals surface area contributed by atoms with Crippen LogP contribution in [0, 0.1) is 12.7 Å². The number of hydrogen-bond acceptors (Lipinski definition) is 3. The molecule has 0 spiro atoms. The van der Waals surface area contributed by atoms with Gasteiger partial charge < -0.3 is 4.98 Å². The van der Waals surface area contributed by atoms with Crippen LogP contribution in [0.5, 0.6) is 0 Å². The van der Waals surface area contributed by atoms with Crippen LogP contribution in [0.2, 0.25) is 0 Å². The third-order valence-corrected chi connectivity index (χ3v) is 7.19. The molecule has 1 aromatic carbocycles. The third kappa shape index (κ3) is 5.76. The highest BCUT2D eigenvalue weighted by Gasteiger charge is 2.16. The van der Waals surface area contributed by atoms with Crippen molar-refractivity contribution >= 4 is 23.3 Å². The van der Waals surface area contributed by atoms with Crippen molar-refractivity contribution in [3.05, 3.63) is 118 Å². The molecular weight excluding hydrogens is 485 g/mol. The van der Waals surface area contributed by atoms with Gasteiger partial charge in [0.15, 0.2) is 0 Å². The molecule has 5 rings (SSSR count). The minimum atomic E-state index is -0.277. The molecule has 5 nitrogen and oxygen atoms in total. The number of benzene rings is 1. The van der Waals surface area contributed by atoms with E-state index in [0.717, 1.165) is 75.1 Å². The monoisotopic (exact) mass is 519 g/mol. The molecule has 0 unspecified atom stereocenters. The molecule has 1 aliphatic rings. The number of halogens is 1.